The van der Waals surface area contributed by atoms with E-state index in [4.69, 9.17) is 14.2 Å². The van der Waals surface area contributed by atoms with Gasteiger partial charge in [-0.05, 0) is 37.1 Å². The first-order valence-corrected chi connectivity index (χ1v) is 10.6. The maximum absolute atomic E-state index is 13.2. The summed E-state index contributed by atoms with van der Waals surface area (Å²) >= 11 is 1.49. The summed E-state index contributed by atoms with van der Waals surface area (Å²) in [6.45, 7) is 5.72. The van der Waals surface area contributed by atoms with Crippen molar-refractivity contribution in [2.24, 2.45) is 0 Å². The van der Waals surface area contributed by atoms with Gasteiger partial charge >= 0.3 is 0 Å². The Morgan fingerprint density at radius 2 is 2.00 bits per heavy atom. The number of carbonyl (C=O) groups excluding carboxylic acids is 1. The van der Waals surface area contributed by atoms with Crippen LogP contribution in [-0.4, -0.2) is 42.8 Å². The number of methoxy groups -OCH3 is 1. The Hall–Kier alpha value is -2.90. The highest BCUT2D eigenvalue weighted by Crippen LogP contribution is 2.33. The van der Waals surface area contributed by atoms with Gasteiger partial charge < -0.3 is 19.1 Å². The van der Waals surface area contributed by atoms with Crippen LogP contribution in [0.5, 0.6) is 11.5 Å². The van der Waals surface area contributed by atoms with Gasteiger partial charge in [-0.15, -0.1) is 11.3 Å². The Balaban J connectivity index is 1.55. The van der Waals surface area contributed by atoms with Crippen molar-refractivity contribution < 1.29 is 19.0 Å². The summed E-state index contributed by atoms with van der Waals surface area (Å²) in [5, 5.41) is 2.68. The van der Waals surface area contributed by atoms with Crippen molar-refractivity contribution in [1.82, 2.24) is 9.88 Å². The number of hydrogen-bond acceptors (Lipinski definition) is 6. The lowest BCUT2D eigenvalue weighted by Gasteiger charge is -2.21. The molecule has 2 heterocycles. The van der Waals surface area contributed by atoms with Gasteiger partial charge in [-0.25, -0.2) is 4.98 Å². The van der Waals surface area contributed by atoms with Gasteiger partial charge in [-0.3, -0.25) is 4.79 Å². The molecule has 0 bridgehead atoms. The van der Waals surface area contributed by atoms with Crippen molar-refractivity contribution in [3.8, 4) is 22.1 Å². The zero-order valence-electron chi connectivity index (χ0n) is 17.3. The highest BCUT2D eigenvalue weighted by Gasteiger charge is 2.21. The lowest BCUT2D eigenvalue weighted by Crippen LogP contribution is -2.33. The number of benzene rings is 2. The molecular weight excluding hydrogens is 400 g/mol. The van der Waals surface area contributed by atoms with Crippen molar-refractivity contribution >= 4 is 17.2 Å². The van der Waals surface area contributed by atoms with Crippen molar-refractivity contribution in [2.75, 3.05) is 27.1 Å². The number of thiazole rings is 1. The fourth-order valence-electron chi connectivity index (χ4n) is 3.42. The fourth-order valence-corrected chi connectivity index (χ4v) is 4.31. The number of fused-ring (bicyclic) bond motifs is 1. The molecule has 1 aliphatic heterocycles. The van der Waals surface area contributed by atoms with E-state index >= 15 is 0 Å². The van der Waals surface area contributed by atoms with E-state index in [9.17, 15) is 4.79 Å². The molecule has 0 saturated carbocycles. The van der Waals surface area contributed by atoms with Crippen LogP contribution in [0.15, 0.2) is 41.8 Å². The topological polar surface area (TPSA) is 60.9 Å². The molecule has 6 nitrogen and oxygen atoms in total. The summed E-state index contributed by atoms with van der Waals surface area (Å²) in [6.07, 6.45) is 0. The number of rotatable bonds is 7. The van der Waals surface area contributed by atoms with Gasteiger partial charge in [-0.2, -0.15) is 0 Å². The van der Waals surface area contributed by atoms with Gasteiger partial charge in [0.2, 0.25) is 6.79 Å². The summed E-state index contributed by atoms with van der Waals surface area (Å²) in [6, 6.07) is 12.0. The van der Waals surface area contributed by atoms with Gasteiger partial charge in [0.1, 0.15) is 10.7 Å². The lowest BCUT2D eigenvalue weighted by atomic mass is 10.1. The fraction of sp³-hybridized carbons (Fsp3) is 0.304. The van der Waals surface area contributed by atoms with Gasteiger partial charge in [0.15, 0.2) is 11.5 Å². The van der Waals surface area contributed by atoms with Gasteiger partial charge in [0.25, 0.3) is 5.91 Å². The molecule has 0 atom stereocenters. The van der Waals surface area contributed by atoms with E-state index < -0.39 is 0 Å². The molecule has 0 aliphatic carbocycles. The molecule has 3 aromatic rings. The second kappa shape index (κ2) is 8.85. The van der Waals surface area contributed by atoms with E-state index in [1.807, 2.05) is 23.6 Å². The van der Waals surface area contributed by atoms with E-state index in [2.05, 4.69) is 37.0 Å². The first-order chi connectivity index (χ1) is 14.5. The van der Waals surface area contributed by atoms with Crippen LogP contribution in [0, 0.1) is 13.8 Å². The number of carbonyl (C=O) groups is 1. The average molecular weight is 425 g/mol. The van der Waals surface area contributed by atoms with Crippen LogP contribution in [-0.2, 0) is 11.3 Å². The maximum Gasteiger partial charge on any atom is 0.273 e. The van der Waals surface area contributed by atoms with E-state index in [0.717, 1.165) is 27.4 Å². The van der Waals surface area contributed by atoms with Crippen LogP contribution in [0.3, 0.4) is 0 Å². The Morgan fingerprint density at radius 3 is 2.80 bits per heavy atom. The molecule has 1 aliphatic rings. The van der Waals surface area contributed by atoms with Crippen molar-refractivity contribution in [1.29, 1.82) is 0 Å². The number of aromatic nitrogens is 1. The van der Waals surface area contributed by atoms with Crippen LogP contribution >= 0.6 is 11.3 Å². The molecule has 0 fully saturated rings. The number of aryl methyl sites for hydroxylation is 2. The number of ether oxygens (including phenoxy) is 3. The number of hydrogen-bond donors (Lipinski definition) is 0. The van der Waals surface area contributed by atoms with E-state index in [0.29, 0.717) is 31.1 Å². The molecule has 0 spiro atoms. The summed E-state index contributed by atoms with van der Waals surface area (Å²) in [5.74, 6) is 1.32. The predicted octanol–water partition coefficient (Wildman–Crippen LogP) is 4.44. The normalized spacial score (nSPS) is 12.2. The standard InChI is InChI=1S/C23H24N2O4S/c1-15-4-6-18(16(2)10-15)22-24-19(13-30-22)23(26)25(8-9-27-3)12-17-5-7-20-21(11-17)29-14-28-20/h4-7,10-11,13H,8-9,12,14H2,1-3H3. The molecule has 1 amide bonds. The molecule has 2 aromatic carbocycles. The molecule has 7 heteroatoms. The zero-order chi connectivity index (χ0) is 21.1. The summed E-state index contributed by atoms with van der Waals surface area (Å²) < 4.78 is 16.0. The Morgan fingerprint density at radius 1 is 1.17 bits per heavy atom. The molecule has 1 aromatic heterocycles. The number of nitrogens with zero attached hydrogens (tertiary/aromatic N) is 2. The summed E-state index contributed by atoms with van der Waals surface area (Å²) in [5.41, 5.74) is 4.84. The Labute approximate surface area is 180 Å². The SMILES string of the molecule is COCCN(Cc1ccc2c(c1)OCO2)C(=O)c1csc(-c2ccc(C)cc2C)n1. The molecule has 156 valence electrons. The lowest BCUT2D eigenvalue weighted by molar-refractivity contribution is 0.0675. The minimum atomic E-state index is -0.114. The van der Waals surface area contributed by atoms with Gasteiger partial charge in [0.05, 0.1) is 6.61 Å². The highest BCUT2D eigenvalue weighted by molar-refractivity contribution is 7.13. The molecule has 0 radical (unpaired) electrons. The van der Waals surface area contributed by atoms with Crippen LogP contribution in [0.4, 0.5) is 0 Å². The third kappa shape index (κ3) is 4.32. The van der Waals surface area contributed by atoms with E-state index in [1.54, 1.807) is 12.0 Å². The monoisotopic (exact) mass is 424 g/mol. The highest BCUT2D eigenvalue weighted by atomic mass is 32.1. The molecule has 0 saturated heterocycles. The van der Waals surface area contributed by atoms with Crippen molar-refractivity contribution in [3.63, 3.8) is 0 Å². The average Bonchev–Trinajstić information content (AvgIpc) is 3.40. The summed E-state index contributed by atoms with van der Waals surface area (Å²) in [4.78, 5) is 19.6. The van der Waals surface area contributed by atoms with Crippen LogP contribution in [0.2, 0.25) is 0 Å². The van der Waals surface area contributed by atoms with E-state index in [-0.39, 0.29) is 12.7 Å². The van der Waals surface area contributed by atoms with Crippen LogP contribution in [0.1, 0.15) is 27.2 Å². The number of amides is 1. The predicted molar refractivity (Wildman–Crippen MR) is 116 cm³/mol. The van der Waals surface area contributed by atoms with Crippen molar-refractivity contribution in [2.45, 2.75) is 20.4 Å². The molecule has 4 rings (SSSR count). The largest absolute Gasteiger partial charge is 0.454 e. The first-order valence-electron chi connectivity index (χ1n) is 9.75. The minimum Gasteiger partial charge on any atom is -0.454 e. The zero-order valence-corrected chi connectivity index (χ0v) is 18.1. The Kier molecular flexibility index (Phi) is 6.01. The maximum atomic E-state index is 13.2. The van der Waals surface area contributed by atoms with Gasteiger partial charge in [0, 0.05) is 31.1 Å². The third-order valence-corrected chi connectivity index (χ3v) is 5.87. The second-order valence-corrected chi connectivity index (χ2v) is 8.12. The van der Waals surface area contributed by atoms with Crippen LogP contribution in [0.25, 0.3) is 10.6 Å². The Bertz CT molecular complexity index is 1060. The van der Waals surface area contributed by atoms with E-state index in [1.165, 1.54) is 16.9 Å². The molecule has 30 heavy (non-hydrogen) atoms. The van der Waals surface area contributed by atoms with Crippen LogP contribution < -0.4 is 9.47 Å². The summed E-state index contributed by atoms with van der Waals surface area (Å²) in [7, 11) is 1.63. The second-order valence-electron chi connectivity index (χ2n) is 7.26. The third-order valence-electron chi connectivity index (χ3n) is 5.00. The smallest absolute Gasteiger partial charge is 0.273 e. The minimum absolute atomic E-state index is 0.114. The molecule has 0 N–H and O–H groups in total. The quantitative estimate of drug-likeness (QED) is 0.561. The van der Waals surface area contributed by atoms with Gasteiger partial charge in [-0.1, -0.05) is 29.8 Å². The van der Waals surface area contributed by atoms with Crippen molar-refractivity contribution in [3.05, 3.63) is 64.2 Å². The molecular formula is C23H24N2O4S. The molecule has 0 unspecified atom stereocenters. The first kappa shape index (κ1) is 20.4.